The predicted molar refractivity (Wildman–Crippen MR) is 87.6 cm³/mol. The van der Waals surface area contributed by atoms with Crippen LogP contribution in [0.5, 0.6) is 5.75 Å². The van der Waals surface area contributed by atoms with Gasteiger partial charge in [0.2, 0.25) is 5.82 Å². The molecule has 0 aliphatic heterocycles. The third kappa shape index (κ3) is 4.43. The number of aryl methyl sites for hydroxylation is 1. The number of phenols is 1. The van der Waals surface area contributed by atoms with E-state index in [4.69, 9.17) is 0 Å². The molecule has 1 saturated carbocycles. The van der Waals surface area contributed by atoms with Crippen LogP contribution < -0.4 is 0 Å². The molecule has 130 valence electrons. The fourth-order valence-electron chi connectivity index (χ4n) is 3.71. The van der Waals surface area contributed by atoms with Crippen LogP contribution in [0.25, 0.3) is 0 Å². The van der Waals surface area contributed by atoms with Gasteiger partial charge in [-0.15, -0.1) is 0 Å². The van der Waals surface area contributed by atoms with Gasteiger partial charge >= 0.3 is 0 Å². The highest BCUT2D eigenvalue weighted by Crippen LogP contribution is 2.41. The third-order valence-corrected chi connectivity index (χ3v) is 5.10. The fourth-order valence-corrected chi connectivity index (χ4v) is 3.71. The number of halogens is 2. The van der Waals surface area contributed by atoms with Crippen molar-refractivity contribution in [3.05, 3.63) is 28.8 Å². The van der Waals surface area contributed by atoms with Crippen LogP contribution in [-0.2, 0) is 6.42 Å². The van der Waals surface area contributed by atoms with Gasteiger partial charge in [0.05, 0.1) is 6.10 Å². The normalized spacial score (nSPS) is 23.0. The van der Waals surface area contributed by atoms with Gasteiger partial charge in [-0.2, -0.15) is 4.39 Å². The summed E-state index contributed by atoms with van der Waals surface area (Å²) in [4.78, 5) is 0. The van der Waals surface area contributed by atoms with Crippen molar-refractivity contribution < 1.29 is 19.0 Å². The van der Waals surface area contributed by atoms with E-state index >= 15 is 0 Å². The summed E-state index contributed by atoms with van der Waals surface area (Å²) in [6.07, 6.45) is 6.48. The summed E-state index contributed by atoms with van der Waals surface area (Å²) in [5, 5.41) is 19.2. The van der Waals surface area contributed by atoms with E-state index in [1.54, 1.807) is 13.0 Å². The monoisotopic (exact) mass is 326 g/mol. The molecule has 2 nitrogen and oxygen atoms in total. The molecule has 1 unspecified atom stereocenters. The molecule has 0 aromatic heterocycles. The van der Waals surface area contributed by atoms with E-state index in [0.29, 0.717) is 29.9 Å². The Morgan fingerprint density at radius 2 is 1.83 bits per heavy atom. The first-order valence-electron chi connectivity index (χ1n) is 8.81. The molecule has 1 aromatic carbocycles. The Hall–Kier alpha value is -1.16. The zero-order valence-electron chi connectivity index (χ0n) is 14.1. The maximum absolute atomic E-state index is 14.3. The topological polar surface area (TPSA) is 40.5 Å². The third-order valence-electron chi connectivity index (χ3n) is 5.10. The molecule has 1 fully saturated rings. The van der Waals surface area contributed by atoms with Crippen LogP contribution in [0.4, 0.5) is 8.78 Å². The molecular formula is C19H28F2O2. The molecule has 1 aromatic rings. The highest BCUT2D eigenvalue weighted by Gasteiger charge is 2.27. The van der Waals surface area contributed by atoms with Crippen molar-refractivity contribution in [1.82, 2.24) is 0 Å². The molecule has 2 rings (SSSR count). The zero-order chi connectivity index (χ0) is 17.0. The van der Waals surface area contributed by atoms with E-state index in [1.165, 1.54) is 12.8 Å². The maximum atomic E-state index is 14.3. The minimum absolute atomic E-state index is 0.0310. The number of aromatic hydroxyl groups is 1. The molecule has 0 heterocycles. The lowest BCUT2D eigenvalue weighted by atomic mass is 9.76. The maximum Gasteiger partial charge on any atom is 0.200 e. The first-order valence-corrected chi connectivity index (χ1v) is 8.81. The highest BCUT2D eigenvalue weighted by molar-refractivity contribution is 5.40. The van der Waals surface area contributed by atoms with E-state index in [2.05, 4.69) is 6.92 Å². The lowest BCUT2D eigenvalue weighted by Gasteiger charge is -2.29. The number of phenolic OH excluding ortho intramolecular Hbond substituents is 1. The van der Waals surface area contributed by atoms with Crippen LogP contribution in [-0.4, -0.2) is 16.3 Å². The van der Waals surface area contributed by atoms with Gasteiger partial charge in [-0.3, -0.25) is 0 Å². The Balaban J connectivity index is 2.18. The molecule has 2 N–H and O–H groups in total. The van der Waals surface area contributed by atoms with Crippen LogP contribution in [0, 0.1) is 17.6 Å². The zero-order valence-corrected chi connectivity index (χ0v) is 14.1. The molecule has 0 radical (unpaired) electrons. The highest BCUT2D eigenvalue weighted by atomic mass is 19.2. The van der Waals surface area contributed by atoms with Gasteiger partial charge in [-0.1, -0.05) is 19.8 Å². The summed E-state index contributed by atoms with van der Waals surface area (Å²) < 4.78 is 28.3. The van der Waals surface area contributed by atoms with Crippen molar-refractivity contribution in [2.75, 3.05) is 0 Å². The Morgan fingerprint density at radius 3 is 2.39 bits per heavy atom. The largest absolute Gasteiger partial charge is 0.505 e. The fraction of sp³-hybridized carbons (Fsp3) is 0.684. The number of benzene rings is 1. The number of aliphatic hydroxyl groups excluding tert-OH is 1. The van der Waals surface area contributed by atoms with Gasteiger partial charge < -0.3 is 10.2 Å². The number of hydrogen-bond acceptors (Lipinski definition) is 2. The Morgan fingerprint density at radius 1 is 1.17 bits per heavy atom. The van der Waals surface area contributed by atoms with E-state index in [-0.39, 0.29) is 5.92 Å². The minimum atomic E-state index is -1.14. The quantitative estimate of drug-likeness (QED) is 0.767. The lowest BCUT2D eigenvalue weighted by Crippen LogP contribution is -2.15. The minimum Gasteiger partial charge on any atom is -0.505 e. The van der Waals surface area contributed by atoms with Crippen molar-refractivity contribution in [1.29, 1.82) is 0 Å². The second-order valence-electron chi connectivity index (χ2n) is 7.00. The summed E-state index contributed by atoms with van der Waals surface area (Å²) in [5.41, 5.74) is 0.798. The van der Waals surface area contributed by atoms with Crippen LogP contribution >= 0.6 is 0 Å². The van der Waals surface area contributed by atoms with Gasteiger partial charge in [0.15, 0.2) is 11.6 Å². The number of aliphatic hydroxyl groups is 1. The molecule has 0 bridgehead atoms. The van der Waals surface area contributed by atoms with Crippen molar-refractivity contribution in [3.8, 4) is 5.75 Å². The molecule has 0 saturated heterocycles. The van der Waals surface area contributed by atoms with Crippen molar-refractivity contribution in [2.24, 2.45) is 5.92 Å². The summed E-state index contributed by atoms with van der Waals surface area (Å²) in [7, 11) is 0. The van der Waals surface area contributed by atoms with Gasteiger partial charge in [0.25, 0.3) is 0 Å². The van der Waals surface area contributed by atoms with Gasteiger partial charge in [-0.05, 0) is 74.5 Å². The first-order chi connectivity index (χ1) is 10.9. The van der Waals surface area contributed by atoms with Gasteiger partial charge in [0, 0.05) is 0 Å². The van der Waals surface area contributed by atoms with Gasteiger partial charge in [-0.25, -0.2) is 4.39 Å². The molecule has 23 heavy (non-hydrogen) atoms. The molecule has 1 atom stereocenters. The predicted octanol–water partition coefficient (Wildman–Crippen LogP) is 5.06. The second-order valence-corrected chi connectivity index (χ2v) is 7.00. The summed E-state index contributed by atoms with van der Waals surface area (Å²) in [6, 6.07) is 1.61. The summed E-state index contributed by atoms with van der Waals surface area (Å²) in [6.45, 7) is 3.82. The van der Waals surface area contributed by atoms with Crippen molar-refractivity contribution in [3.63, 3.8) is 0 Å². The van der Waals surface area contributed by atoms with E-state index < -0.39 is 23.5 Å². The SMILES string of the molecule is CCC[C@H]1CC[C@H](c2cc(CCC(C)O)c(O)c(F)c2F)CC1. The summed E-state index contributed by atoms with van der Waals surface area (Å²) in [5.74, 6) is -1.91. The average Bonchev–Trinajstić information content (AvgIpc) is 2.53. The molecule has 1 aliphatic carbocycles. The first kappa shape index (κ1) is 18.2. The Labute approximate surface area is 137 Å². The van der Waals surface area contributed by atoms with E-state index in [1.807, 2.05) is 0 Å². The average molecular weight is 326 g/mol. The van der Waals surface area contributed by atoms with Crippen molar-refractivity contribution >= 4 is 0 Å². The second kappa shape index (κ2) is 8.09. The van der Waals surface area contributed by atoms with Gasteiger partial charge in [0.1, 0.15) is 0 Å². The number of rotatable bonds is 6. The molecule has 1 aliphatic rings. The molecule has 4 heteroatoms. The van der Waals surface area contributed by atoms with Crippen LogP contribution in [0.3, 0.4) is 0 Å². The molecule has 0 spiro atoms. The Kier molecular flexibility index (Phi) is 6.40. The van der Waals surface area contributed by atoms with Crippen molar-refractivity contribution in [2.45, 2.75) is 77.2 Å². The lowest BCUT2D eigenvalue weighted by molar-refractivity contribution is 0.184. The van der Waals surface area contributed by atoms with Crippen LogP contribution in [0.2, 0.25) is 0 Å². The smallest absolute Gasteiger partial charge is 0.200 e. The van der Waals surface area contributed by atoms with E-state index in [0.717, 1.165) is 25.7 Å². The van der Waals surface area contributed by atoms with E-state index in [9.17, 15) is 19.0 Å². The summed E-state index contributed by atoms with van der Waals surface area (Å²) >= 11 is 0. The van der Waals surface area contributed by atoms with Crippen LogP contribution in [0.1, 0.15) is 75.8 Å². The standard InChI is InChI=1S/C19H28F2O2/c1-3-4-13-6-9-14(10-7-13)16-11-15(8-5-12(2)22)19(23)18(21)17(16)20/h11-14,22-23H,3-10H2,1-2H3/t12?,13-,14-. The molecule has 0 amide bonds. The number of hydrogen-bond donors (Lipinski definition) is 2. The molecular weight excluding hydrogens is 298 g/mol. The Bertz CT molecular complexity index is 521. The van der Waals surface area contributed by atoms with Crippen LogP contribution in [0.15, 0.2) is 6.07 Å².